The second-order valence-corrected chi connectivity index (χ2v) is 8.59. The smallest absolute Gasteiger partial charge is 0.135 e. The molecule has 0 spiro atoms. The third-order valence-electron chi connectivity index (χ3n) is 6.46. The van der Waals surface area contributed by atoms with E-state index in [0.717, 1.165) is 22.3 Å². The third kappa shape index (κ3) is 3.03. The molecule has 2 aliphatic rings. The molecule has 1 aliphatic carbocycles. The van der Waals surface area contributed by atoms with E-state index in [2.05, 4.69) is 0 Å². The van der Waals surface area contributed by atoms with Crippen molar-refractivity contribution < 1.29 is 30.3 Å². The Morgan fingerprint density at radius 1 is 0.647 bits per heavy atom. The minimum Gasteiger partial charge on any atom is -0.508 e. The Morgan fingerprint density at radius 2 is 1.29 bits per heavy atom. The number of ether oxygens (including phenoxy) is 1. The van der Waals surface area contributed by atoms with Gasteiger partial charge in [-0.25, -0.2) is 0 Å². The highest BCUT2D eigenvalue weighted by atomic mass is 16.5. The van der Waals surface area contributed by atoms with Gasteiger partial charge < -0.3 is 30.3 Å². The van der Waals surface area contributed by atoms with Gasteiger partial charge >= 0.3 is 0 Å². The molecule has 0 fully saturated rings. The molecule has 5 N–H and O–H groups in total. The minimum absolute atomic E-state index is 0.0400. The molecule has 0 saturated heterocycles. The van der Waals surface area contributed by atoms with Crippen molar-refractivity contribution in [1.29, 1.82) is 0 Å². The number of hydrogen-bond donors (Lipinski definition) is 5. The molecule has 0 radical (unpaired) electrons. The van der Waals surface area contributed by atoms with Crippen molar-refractivity contribution in [2.24, 2.45) is 0 Å². The van der Waals surface area contributed by atoms with Crippen molar-refractivity contribution in [3.05, 3.63) is 106 Å². The largest absolute Gasteiger partial charge is 0.508 e. The van der Waals surface area contributed by atoms with Gasteiger partial charge in [0, 0.05) is 23.3 Å². The molecule has 34 heavy (non-hydrogen) atoms. The van der Waals surface area contributed by atoms with Crippen molar-refractivity contribution in [1.82, 2.24) is 0 Å². The van der Waals surface area contributed by atoms with E-state index in [1.54, 1.807) is 66.7 Å². The topological polar surface area (TPSA) is 110 Å². The van der Waals surface area contributed by atoms with Crippen LogP contribution in [-0.4, -0.2) is 25.5 Å². The lowest BCUT2D eigenvalue weighted by Gasteiger charge is -2.23. The van der Waals surface area contributed by atoms with Crippen molar-refractivity contribution in [3.8, 4) is 34.5 Å². The van der Waals surface area contributed by atoms with Crippen LogP contribution in [-0.2, 0) is 0 Å². The van der Waals surface area contributed by atoms with Gasteiger partial charge in [0.1, 0.15) is 40.6 Å². The van der Waals surface area contributed by atoms with Crippen molar-refractivity contribution in [3.63, 3.8) is 0 Å². The van der Waals surface area contributed by atoms with Crippen LogP contribution in [0.2, 0.25) is 0 Å². The maximum atomic E-state index is 11.0. The summed E-state index contributed by atoms with van der Waals surface area (Å²) in [4.78, 5) is 0. The highest BCUT2D eigenvalue weighted by molar-refractivity contribution is 5.97. The molecule has 168 valence electrons. The fraction of sp³-hybridized carbons (Fsp3) is 0.0714. The molecule has 0 amide bonds. The number of phenols is 5. The maximum absolute atomic E-state index is 11.0. The van der Waals surface area contributed by atoms with Crippen molar-refractivity contribution >= 4 is 11.6 Å². The van der Waals surface area contributed by atoms with Crippen LogP contribution in [0.1, 0.15) is 45.4 Å². The molecule has 1 heterocycles. The predicted octanol–water partition coefficient (Wildman–Crippen LogP) is 5.38. The molecular formula is C28H20O6. The lowest BCUT2D eigenvalue weighted by atomic mass is 9.81. The van der Waals surface area contributed by atoms with Gasteiger partial charge in [0.2, 0.25) is 0 Å². The molecule has 6 rings (SSSR count). The van der Waals surface area contributed by atoms with Crippen LogP contribution in [0.25, 0.3) is 11.6 Å². The Kier molecular flexibility index (Phi) is 4.26. The van der Waals surface area contributed by atoms with Gasteiger partial charge in [-0.15, -0.1) is 0 Å². The van der Waals surface area contributed by atoms with Crippen LogP contribution in [0, 0.1) is 0 Å². The molecule has 2 atom stereocenters. The molecule has 6 heteroatoms. The normalized spacial score (nSPS) is 17.8. The molecule has 0 aromatic heterocycles. The van der Waals surface area contributed by atoms with E-state index in [0.29, 0.717) is 22.4 Å². The van der Waals surface area contributed by atoms with Gasteiger partial charge in [0.05, 0.1) is 5.92 Å². The Morgan fingerprint density at radius 3 is 2.00 bits per heavy atom. The monoisotopic (exact) mass is 452 g/mol. The van der Waals surface area contributed by atoms with E-state index in [4.69, 9.17) is 4.74 Å². The number of phenolic OH excluding ortho intramolecular Hbond substituents is 5. The molecule has 0 bridgehead atoms. The Bertz CT molecular complexity index is 1470. The van der Waals surface area contributed by atoms with Crippen LogP contribution in [0.3, 0.4) is 0 Å². The highest BCUT2D eigenvalue weighted by Crippen LogP contribution is 2.57. The van der Waals surface area contributed by atoms with Gasteiger partial charge in [-0.05, 0) is 70.3 Å². The Balaban J connectivity index is 1.67. The summed E-state index contributed by atoms with van der Waals surface area (Å²) in [6.45, 7) is 0. The van der Waals surface area contributed by atoms with E-state index in [1.165, 1.54) is 6.07 Å². The molecule has 0 saturated carbocycles. The van der Waals surface area contributed by atoms with E-state index >= 15 is 0 Å². The SMILES string of the molecule is Oc1ccc(C2=Cc3cc(O)cc4c3[C@@H](c3cc(O)cc(O)c32)[C@H](c2ccc(O)cc2)O4)cc1. The molecule has 0 unspecified atom stereocenters. The zero-order chi connectivity index (χ0) is 23.6. The van der Waals surface area contributed by atoms with Crippen LogP contribution in [0.4, 0.5) is 0 Å². The lowest BCUT2D eigenvalue weighted by Crippen LogP contribution is -2.13. The number of benzene rings is 4. The van der Waals surface area contributed by atoms with Gasteiger partial charge in [-0.3, -0.25) is 0 Å². The van der Waals surface area contributed by atoms with E-state index in [1.807, 2.05) is 6.08 Å². The average Bonchev–Trinajstić information content (AvgIpc) is 3.10. The second-order valence-electron chi connectivity index (χ2n) is 8.59. The summed E-state index contributed by atoms with van der Waals surface area (Å²) >= 11 is 0. The third-order valence-corrected chi connectivity index (χ3v) is 6.46. The number of hydrogen-bond acceptors (Lipinski definition) is 6. The molecular weight excluding hydrogens is 432 g/mol. The van der Waals surface area contributed by atoms with Gasteiger partial charge in [-0.1, -0.05) is 24.3 Å². The van der Waals surface area contributed by atoms with Crippen LogP contribution >= 0.6 is 0 Å². The zero-order valence-corrected chi connectivity index (χ0v) is 17.8. The second kappa shape index (κ2) is 7.22. The van der Waals surface area contributed by atoms with E-state index in [-0.39, 0.29) is 28.7 Å². The Hall–Kier alpha value is -4.58. The first-order chi connectivity index (χ1) is 16.4. The minimum atomic E-state index is -0.524. The van der Waals surface area contributed by atoms with Crippen molar-refractivity contribution in [2.75, 3.05) is 0 Å². The number of rotatable bonds is 2. The summed E-state index contributed by atoms with van der Waals surface area (Å²) in [6.07, 6.45) is 1.35. The predicted molar refractivity (Wildman–Crippen MR) is 126 cm³/mol. The first-order valence-electron chi connectivity index (χ1n) is 10.8. The number of fused-ring (bicyclic) bond motifs is 2. The quantitative estimate of drug-likeness (QED) is 0.279. The first-order valence-corrected chi connectivity index (χ1v) is 10.8. The Labute approximate surface area is 194 Å². The van der Waals surface area contributed by atoms with E-state index < -0.39 is 12.0 Å². The van der Waals surface area contributed by atoms with Gasteiger partial charge in [0.25, 0.3) is 0 Å². The summed E-state index contributed by atoms with van der Waals surface area (Å²) in [7, 11) is 0. The van der Waals surface area contributed by atoms with E-state index in [9.17, 15) is 25.5 Å². The first kappa shape index (κ1) is 20.1. The van der Waals surface area contributed by atoms with Gasteiger partial charge in [0.15, 0.2) is 0 Å². The average molecular weight is 452 g/mol. The lowest BCUT2D eigenvalue weighted by molar-refractivity contribution is 0.221. The molecule has 1 aliphatic heterocycles. The van der Waals surface area contributed by atoms with Crippen LogP contribution < -0.4 is 4.74 Å². The maximum Gasteiger partial charge on any atom is 0.135 e. The number of aromatic hydroxyl groups is 5. The molecule has 6 nitrogen and oxygen atoms in total. The summed E-state index contributed by atoms with van der Waals surface area (Å²) in [5.74, 6) is 0.214. The summed E-state index contributed by atoms with van der Waals surface area (Å²) < 4.78 is 6.32. The fourth-order valence-corrected chi connectivity index (χ4v) is 5.05. The zero-order valence-electron chi connectivity index (χ0n) is 17.8. The van der Waals surface area contributed by atoms with Crippen LogP contribution in [0.5, 0.6) is 34.5 Å². The summed E-state index contributed by atoms with van der Waals surface area (Å²) in [6, 6.07) is 19.5. The summed E-state index contributed by atoms with van der Waals surface area (Å²) in [5, 5.41) is 51.5. The fourth-order valence-electron chi connectivity index (χ4n) is 5.05. The van der Waals surface area contributed by atoms with Crippen molar-refractivity contribution in [2.45, 2.75) is 12.0 Å². The summed E-state index contributed by atoms with van der Waals surface area (Å²) in [5.41, 5.74) is 4.97. The highest BCUT2D eigenvalue weighted by Gasteiger charge is 2.42. The molecule has 4 aromatic rings. The van der Waals surface area contributed by atoms with Crippen LogP contribution in [0.15, 0.2) is 72.8 Å². The molecule has 4 aromatic carbocycles. The standard InChI is InChI=1S/C28H20O6/c29-17-5-1-14(2-6-17)21-10-16-9-19(31)13-24-25(16)27(22-11-20(32)12-23(33)26(21)22)28(34-24)15-3-7-18(30)8-4-15/h1-13,27-33H/t27-,28+/m1/s1. The van der Waals surface area contributed by atoms with Gasteiger partial charge in [-0.2, -0.15) is 0 Å².